The van der Waals surface area contributed by atoms with Crippen LogP contribution in [0, 0.1) is 28.9 Å². The second kappa shape index (κ2) is 7.34. The third-order valence-corrected chi connectivity index (χ3v) is 7.58. The Labute approximate surface area is 160 Å². The van der Waals surface area contributed by atoms with Gasteiger partial charge in [-0.3, -0.25) is 0 Å². The van der Waals surface area contributed by atoms with Crippen LogP contribution in [0.15, 0.2) is 47.4 Å². The molecule has 0 aliphatic heterocycles. The van der Waals surface area contributed by atoms with Crippen molar-refractivity contribution in [1.82, 2.24) is 0 Å². The molecule has 3 rings (SSSR count). The molecule has 2 aromatic rings. The molecule has 0 amide bonds. The number of sulfone groups is 1. The van der Waals surface area contributed by atoms with Crippen molar-refractivity contribution in [3.63, 3.8) is 0 Å². The van der Waals surface area contributed by atoms with Gasteiger partial charge in [0.2, 0.25) is 0 Å². The normalized spacial score (nSPS) is 20.8. The first-order valence-corrected chi connectivity index (χ1v) is 11.0. The van der Waals surface area contributed by atoms with Crippen molar-refractivity contribution in [2.75, 3.05) is 5.75 Å². The minimum absolute atomic E-state index is 0.157. The summed E-state index contributed by atoms with van der Waals surface area (Å²) < 4.78 is 52.5. The van der Waals surface area contributed by atoms with Gasteiger partial charge in [-0.05, 0) is 66.3 Å². The Hall–Kier alpha value is -1.75. The predicted octanol–water partition coefficient (Wildman–Crippen LogP) is 5.87. The molecule has 1 aliphatic rings. The quantitative estimate of drug-likeness (QED) is 0.652. The molecule has 2 unspecified atom stereocenters. The average Bonchev–Trinajstić information content (AvgIpc) is 3.03. The van der Waals surface area contributed by atoms with E-state index in [0.717, 1.165) is 25.3 Å². The van der Waals surface area contributed by atoms with Crippen LogP contribution in [0.5, 0.6) is 0 Å². The third kappa shape index (κ3) is 4.57. The average molecular weight is 393 g/mol. The number of benzene rings is 2. The lowest BCUT2D eigenvalue weighted by molar-refractivity contribution is 0.241. The molecule has 27 heavy (non-hydrogen) atoms. The second-order valence-corrected chi connectivity index (χ2v) is 10.7. The fourth-order valence-electron chi connectivity index (χ4n) is 3.98. The monoisotopic (exact) mass is 392 g/mol. The Kier molecular flexibility index (Phi) is 5.44. The van der Waals surface area contributed by atoms with Crippen molar-refractivity contribution >= 4 is 9.84 Å². The van der Waals surface area contributed by atoms with Crippen molar-refractivity contribution in [2.24, 2.45) is 17.3 Å². The maximum absolute atomic E-state index is 13.9. The van der Waals surface area contributed by atoms with E-state index in [1.165, 1.54) is 24.3 Å². The highest BCUT2D eigenvalue weighted by atomic mass is 32.2. The Morgan fingerprint density at radius 2 is 1.67 bits per heavy atom. The van der Waals surface area contributed by atoms with Gasteiger partial charge in [0.05, 0.1) is 10.6 Å². The van der Waals surface area contributed by atoms with Crippen LogP contribution in [0.2, 0.25) is 0 Å². The first kappa shape index (κ1) is 20.0. The molecule has 146 valence electrons. The van der Waals surface area contributed by atoms with E-state index in [0.29, 0.717) is 11.5 Å². The highest BCUT2D eigenvalue weighted by molar-refractivity contribution is 7.91. The highest BCUT2D eigenvalue weighted by Crippen LogP contribution is 2.42. The molecule has 0 bridgehead atoms. The van der Waals surface area contributed by atoms with Crippen LogP contribution in [-0.2, 0) is 9.84 Å². The first-order valence-electron chi connectivity index (χ1n) is 9.34. The molecule has 0 spiro atoms. The number of rotatable bonds is 4. The zero-order valence-corrected chi connectivity index (χ0v) is 16.8. The lowest BCUT2D eigenvalue weighted by atomic mass is 9.79. The number of halogens is 2. The van der Waals surface area contributed by atoms with E-state index < -0.39 is 21.5 Å². The Morgan fingerprint density at radius 3 is 2.22 bits per heavy atom. The van der Waals surface area contributed by atoms with E-state index in [4.69, 9.17) is 0 Å². The molecule has 2 nitrogen and oxygen atoms in total. The summed E-state index contributed by atoms with van der Waals surface area (Å²) in [5.74, 6) is -0.399. The summed E-state index contributed by atoms with van der Waals surface area (Å²) in [5.41, 5.74) is 0.989. The van der Waals surface area contributed by atoms with Gasteiger partial charge in [0.25, 0.3) is 0 Å². The van der Waals surface area contributed by atoms with Crippen molar-refractivity contribution in [3.05, 3.63) is 54.1 Å². The van der Waals surface area contributed by atoms with Crippen molar-refractivity contribution in [2.45, 2.75) is 44.9 Å². The first-order chi connectivity index (χ1) is 12.6. The smallest absolute Gasteiger partial charge is 0.178 e. The molecule has 1 fully saturated rings. The standard InChI is InChI=1S/C22H26F2O2S/c1-22(2,3)17-7-4-15(12-17)14-27(25,26)19-9-5-16(6-10-19)20-11-8-18(23)13-21(20)24/h5-6,8-11,13,15,17H,4,7,12,14H2,1-3H3. The van der Waals surface area contributed by atoms with Crippen LogP contribution < -0.4 is 0 Å². The maximum Gasteiger partial charge on any atom is 0.178 e. The molecule has 0 N–H and O–H groups in total. The van der Waals surface area contributed by atoms with Crippen LogP contribution in [0.4, 0.5) is 8.78 Å². The Bertz CT molecular complexity index is 912. The van der Waals surface area contributed by atoms with Gasteiger partial charge in [0, 0.05) is 11.6 Å². The molecule has 0 radical (unpaired) electrons. The van der Waals surface area contributed by atoms with E-state index >= 15 is 0 Å². The van der Waals surface area contributed by atoms with E-state index in [1.807, 2.05) is 0 Å². The van der Waals surface area contributed by atoms with Gasteiger partial charge in [-0.15, -0.1) is 0 Å². The Balaban J connectivity index is 1.74. The minimum atomic E-state index is -3.38. The second-order valence-electron chi connectivity index (χ2n) is 8.67. The summed E-state index contributed by atoms with van der Waals surface area (Å²) in [5, 5.41) is 0. The highest BCUT2D eigenvalue weighted by Gasteiger charge is 2.35. The summed E-state index contributed by atoms with van der Waals surface area (Å²) in [6.45, 7) is 6.63. The van der Waals surface area contributed by atoms with Gasteiger partial charge in [-0.2, -0.15) is 0 Å². The number of hydrogen-bond donors (Lipinski definition) is 0. The van der Waals surface area contributed by atoms with Gasteiger partial charge in [0.1, 0.15) is 11.6 Å². The zero-order chi connectivity index (χ0) is 19.8. The summed E-state index contributed by atoms with van der Waals surface area (Å²) in [4.78, 5) is 0.257. The van der Waals surface area contributed by atoms with Crippen LogP contribution in [-0.4, -0.2) is 14.2 Å². The molecule has 0 heterocycles. The number of hydrogen-bond acceptors (Lipinski definition) is 2. The predicted molar refractivity (Wildman–Crippen MR) is 104 cm³/mol. The van der Waals surface area contributed by atoms with Crippen LogP contribution in [0.25, 0.3) is 11.1 Å². The molecule has 2 atom stereocenters. The summed E-state index contributed by atoms with van der Waals surface area (Å²) >= 11 is 0. The fourth-order valence-corrected chi connectivity index (χ4v) is 5.65. The van der Waals surface area contributed by atoms with Crippen molar-refractivity contribution in [1.29, 1.82) is 0 Å². The zero-order valence-electron chi connectivity index (χ0n) is 16.0. The molecular formula is C22H26F2O2S. The van der Waals surface area contributed by atoms with Crippen molar-refractivity contribution < 1.29 is 17.2 Å². The SMILES string of the molecule is CC(C)(C)C1CCC(CS(=O)(=O)c2ccc(-c3ccc(F)cc3F)cc2)C1. The van der Waals surface area contributed by atoms with Gasteiger partial charge in [-0.1, -0.05) is 32.9 Å². The van der Waals surface area contributed by atoms with E-state index in [9.17, 15) is 17.2 Å². The minimum Gasteiger partial charge on any atom is -0.224 e. The van der Waals surface area contributed by atoms with E-state index in [2.05, 4.69) is 20.8 Å². The molecular weight excluding hydrogens is 366 g/mol. The maximum atomic E-state index is 13.9. The molecule has 2 aromatic carbocycles. The van der Waals surface area contributed by atoms with Gasteiger partial charge >= 0.3 is 0 Å². The lowest BCUT2D eigenvalue weighted by Crippen LogP contribution is -2.19. The van der Waals surface area contributed by atoms with Gasteiger partial charge in [0.15, 0.2) is 9.84 Å². The van der Waals surface area contributed by atoms with E-state index in [1.54, 1.807) is 12.1 Å². The van der Waals surface area contributed by atoms with Crippen LogP contribution >= 0.6 is 0 Å². The topological polar surface area (TPSA) is 34.1 Å². The summed E-state index contributed by atoms with van der Waals surface area (Å²) in [6, 6.07) is 9.57. The Morgan fingerprint density at radius 1 is 1.00 bits per heavy atom. The van der Waals surface area contributed by atoms with Crippen molar-refractivity contribution in [3.8, 4) is 11.1 Å². The molecule has 0 saturated heterocycles. The summed E-state index contributed by atoms with van der Waals surface area (Å²) in [6.07, 6.45) is 2.97. The molecule has 5 heteroatoms. The van der Waals surface area contributed by atoms with Gasteiger partial charge in [-0.25, -0.2) is 17.2 Å². The lowest BCUT2D eigenvalue weighted by Gasteiger charge is -2.26. The molecule has 1 aliphatic carbocycles. The third-order valence-electron chi connectivity index (χ3n) is 5.68. The fraction of sp³-hybridized carbons (Fsp3) is 0.455. The summed E-state index contributed by atoms with van der Waals surface area (Å²) in [7, 11) is -3.38. The molecule has 0 aromatic heterocycles. The van der Waals surface area contributed by atoms with E-state index in [-0.39, 0.29) is 27.5 Å². The van der Waals surface area contributed by atoms with Crippen LogP contribution in [0.3, 0.4) is 0 Å². The molecule has 1 saturated carbocycles. The largest absolute Gasteiger partial charge is 0.224 e. The van der Waals surface area contributed by atoms with Crippen LogP contribution in [0.1, 0.15) is 40.0 Å². The van der Waals surface area contributed by atoms with Gasteiger partial charge < -0.3 is 0 Å².